The van der Waals surface area contributed by atoms with Crippen LogP contribution in [0.25, 0.3) is 0 Å². The topological polar surface area (TPSA) is 46.2 Å². The van der Waals surface area contributed by atoms with Gasteiger partial charge in [-0.25, -0.2) is 0 Å². The smallest absolute Gasteiger partial charge is 0.0613 e. The molecular formula is C17H25NOS. The van der Waals surface area contributed by atoms with Crippen LogP contribution in [0, 0.1) is 5.92 Å². The van der Waals surface area contributed by atoms with E-state index in [4.69, 9.17) is 5.73 Å². The van der Waals surface area contributed by atoms with Crippen LogP contribution >= 0.6 is 11.8 Å². The zero-order valence-electron chi connectivity index (χ0n) is 12.1. The number of hydrogen-bond donors (Lipinski definition) is 2. The van der Waals surface area contributed by atoms with Crippen molar-refractivity contribution in [2.24, 2.45) is 11.7 Å². The van der Waals surface area contributed by atoms with E-state index in [2.05, 4.69) is 18.2 Å². The molecule has 0 bridgehead atoms. The Bertz CT molecular complexity index is 476. The number of aliphatic hydroxyl groups is 1. The average molecular weight is 291 g/mol. The van der Waals surface area contributed by atoms with Crippen molar-refractivity contribution in [2.45, 2.75) is 55.4 Å². The standard InChI is InChI=1S/C17H25NOS/c18-17(12-19)9-2-5-15(17)8-10-20-16-7-6-13-3-1-4-14(13)11-16/h6-7,11,15,19H,1-5,8-10,12,18H2. The van der Waals surface area contributed by atoms with E-state index < -0.39 is 0 Å². The van der Waals surface area contributed by atoms with Crippen LogP contribution < -0.4 is 5.73 Å². The summed E-state index contributed by atoms with van der Waals surface area (Å²) in [4.78, 5) is 1.40. The first-order valence-corrected chi connectivity index (χ1v) is 8.84. The first-order chi connectivity index (χ1) is 9.71. The zero-order valence-corrected chi connectivity index (χ0v) is 12.9. The third-order valence-electron chi connectivity index (χ3n) is 5.11. The van der Waals surface area contributed by atoms with E-state index in [1.165, 1.54) is 37.0 Å². The van der Waals surface area contributed by atoms with E-state index in [-0.39, 0.29) is 12.1 Å². The largest absolute Gasteiger partial charge is 0.394 e. The molecule has 2 unspecified atom stereocenters. The maximum atomic E-state index is 9.49. The highest BCUT2D eigenvalue weighted by atomic mass is 32.2. The van der Waals surface area contributed by atoms with Gasteiger partial charge in [0.05, 0.1) is 6.61 Å². The van der Waals surface area contributed by atoms with Crippen LogP contribution in [-0.2, 0) is 12.8 Å². The third-order valence-corrected chi connectivity index (χ3v) is 6.13. The molecule has 2 aliphatic carbocycles. The van der Waals surface area contributed by atoms with Gasteiger partial charge in [0.1, 0.15) is 0 Å². The summed E-state index contributed by atoms with van der Waals surface area (Å²) in [7, 11) is 0. The molecule has 0 saturated heterocycles. The van der Waals surface area contributed by atoms with Gasteiger partial charge in [-0.15, -0.1) is 11.8 Å². The van der Waals surface area contributed by atoms with E-state index in [0.29, 0.717) is 5.92 Å². The fourth-order valence-electron chi connectivity index (χ4n) is 3.77. The average Bonchev–Trinajstić information content (AvgIpc) is 3.06. The molecule has 0 spiro atoms. The van der Waals surface area contributed by atoms with Crippen molar-refractivity contribution in [1.82, 2.24) is 0 Å². The number of aliphatic hydroxyl groups excluding tert-OH is 1. The molecule has 2 nitrogen and oxygen atoms in total. The van der Waals surface area contributed by atoms with Gasteiger partial charge in [-0.05, 0) is 73.5 Å². The van der Waals surface area contributed by atoms with Crippen LogP contribution in [0.4, 0.5) is 0 Å². The quantitative estimate of drug-likeness (QED) is 0.819. The summed E-state index contributed by atoms with van der Waals surface area (Å²) in [5.74, 6) is 1.61. The van der Waals surface area contributed by atoms with Gasteiger partial charge in [-0.1, -0.05) is 12.5 Å². The number of thioether (sulfide) groups is 1. The van der Waals surface area contributed by atoms with Crippen molar-refractivity contribution in [1.29, 1.82) is 0 Å². The van der Waals surface area contributed by atoms with E-state index in [1.54, 1.807) is 11.1 Å². The predicted molar refractivity (Wildman–Crippen MR) is 85.2 cm³/mol. The van der Waals surface area contributed by atoms with Crippen LogP contribution in [0.15, 0.2) is 23.1 Å². The molecule has 3 N–H and O–H groups in total. The maximum absolute atomic E-state index is 9.49. The van der Waals surface area contributed by atoms with Crippen LogP contribution in [0.1, 0.15) is 43.2 Å². The number of aryl methyl sites for hydroxylation is 2. The Morgan fingerprint density at radius 1 is 1.25 bits per heavy atom. The normalized spacial score (nSPS) is 28.8. The third kappa shape index (κ3) is 2.90. The molecule has 0 amide bonds. The van der Waals surface area contributed by atoms with Gasteiger partial charge in [-0.2, -0.15) is 0 Å². The molecule has 20 heavy (non-hydrogen) atoms. The molecule has 1 saturated carbocycles. The summed E-state index contributed by atoms with van der Waals surface area (Å²) in [5.41, 5.74) is 9.09. The second kappa shape index (κ2) is 6.08. The Balaban J connectivity index is 1.53. The Kier molecular flexibility index (Phi) is 4.39. The van der Waals surface area contributed by atoms with E-state index in [0.717, 1.165) is 18.6 Å². The molecule has 0 heterocycles. The van der Waals surface area contributed by atoms with Gasteiger partial charge in [0, 0.05) is 10.4 Å². The monoisotopic (exact) mass is 291 g/mol. The summed E-state index contributed by atoms with van der Waals surface area (Å²) in [6.45, 7) is 0.140. The van der Waals surface area contributed by atoms with Crippen LogP contribution in [0.2, 0.25) is 0 Å². The maximum Gasteiger partial charge on any atom is 0.0613 e. The lowest BCUT2D eigenvalue weighted by atomic mass is 9.87. The number of hydrogen-bond acceptors (Lipinski definition) is 3. The minimum atomic E-state index is -0.307. The lowest BCUT2D eigenvalue weighted by molar-refractivity contribution is 0.158. The highest BCUT2D eigenvalue weighted by Gasteiger charge is 2.38. The van der Waals surface area contributed by atoms with E-state index in [9.17, 15) is 5.11 Å². The number of rotatable bonds is 5. The lowest BCUT2D eigenvalue weighted by Gasteiger charge is -2.29. The number of nitrogens with two attached hydrogens (primary N) is 1. The Morgan fingerprint density at radius 2 is 2.10 bits per heavy atom. The van der Waals surface area contributed by atoms with E-state index in [1.807, 2.05) is 11.8 Å². The fourth-order valence-corrected chi connectivity index (χ4v) is 4.79. The van der Waals surface area contributed by atoms with Gasteiger partial charge in [0.15, 0.2) is 0 Å². The summed E-state index contributed by atoms with van der Waals surface area (Å²) in [6, 6.07) is 6.95. The number of benzene rings is 1. The predicted octanol–water partition coefficient (Wildman–Crippen LogP) is 3.15. The molecule has 2 atom stereocenters. The minimum absolute atomic E-state index is 0.140. The highest BCUT2D eigenvalue weighted by Crippen LogP contribution is 2.37. The van der Waals surface area contributed by atoms with Crippen molar-refractivity contribution in [3.63, 3.8) is 0 Å². The summed E-state index contributed by atoms with van der Waals surface area (Å²) < 4.78 is 0. The molecular weight excluding hydrogens is 266 g/mol. The van der Waals surface area contributed by atoms with Crippen molar-refractivity contribution < 1.29 is 5.11 Å². The molecule has 0 aliphatic heterocycles. The first kappa shape index (κ1) is 14.4. The van der Waals surface area contributed by atoms with Crippen LogP contribution in [0.3, 0.4) is 0 Å². The van der Waals surface area contributed by atoms with E-state index >= 15 is 0 Å². The van der Waals surface area contributed by atoms with Gasteiger partial charge < -0.3 is 10.8 Å². The van der Waals surface area contributed by atoms with Crippen molar-refractivity contribution in [3.05, 3.63) is 29.3 Å². The van der Waals surface area contributed by atoms with Crippen LogP contribution in [-0.4, -0.2) is 23.0 Å². The van der Waals surface area contributed by atoms with Crippen molar-refractivity contribution in [3.8, 4) is 0 Å². The fraction of sp³-hybridized carbons (Fsp3) is 0.647. The summed E-state index contributed by atoms with van der Waals surface area (Å²) in [5, 5.41) is 9.49. The van der Waals surface area contributed by atoms with Crippen LogP contribution in [0.5, 0.6) is 0 Å². The molecule has 3 rings (SSSR count). The Labute approximate surface area is 126 Å². The van der Waals surface area contributed by atoms with Crippen molar-refractivity contribution >= 4 is 11.8 Å². The number of fused-ring (bicyclic) bond motifs is 1. The summed E-state index contributed by atoms with van der Waals surface area (Å²) in [6.07, 6.45) is 8.29. The van der Waals surface area contributed by atoms with Gasteiger partial charge >= 0.3 is 0 Å². The SMILES string of the molecule is NC1(CO)CCCC1CCSc1ccc2c(c1)CCC2. The van der Waals surface area contributed by atoms with Crippen molar-refractivity contribution in [2.75, 3.05) is 12.4 Å². The molecule has 2 aliphatic rings. The van der Waals surface area contributed by atoms with Gasteiger partial charge in [0.25, 0.3) is 0 Å². The molecule has 1 aromatic carbocycles. The zero-order chi connectivity index (χ0) is 14.0. The molecule has 110 valence electrons. The second-order valence-electron chi connectivity index (χ2n) is 6.40. The first-order valence-electron chi connectivity index (χ1n) is 7.86. The molecule has 1 fully saturated rings. The molecule has 0 radical (unpaired) electrons. The Morgan fingerprint density at radius 3 is 2.95 bits per heavy atom. The highest BCUT2D eigenvalue weighted by molar-refractivity contribution is 7.99. The Hall–Kier alpha value is -0.510. The minimum Gasteiger partial charge on any atom is -0.394 e. The molecule has 0 aromatic heterocycles. The van der Waals surface area contributed by atoms with Gasteiger partial charge in [0.2, 0.25) is 0 Å². The van der Waals surface area contributed by atoms with Gasteiger partial charge in [-0.3, -0.25) is 0 Å². The molecule has 3 heteroatoms. The second-order valence-corrected chi connectivity index (χ2v) is 7.57. The summed E-state index contributed by atoms with van der Waals surface area (Å²) >= 11 is 1.95. The lowest BCUT2D eigenvalue weighted by Crippen LogP contribution is -2.47. The molecule has 1 aromatic rings.